The van der Waals surface area contributed by atoms with Gasteiger partial charge < -0.3 is 5.11 Å². The second-order valence-corrected chi connectivity index (χ2v) is 4.96. The van der Waals surface area contributed by atoms with E-state index in [1.807, 2.05) is 0 Å². The van der Waals surface area contributed by atoms with E-state index in [4.69, 9.17) is 0 Å². The smallest absolute Gasteiger partial charge is 0.0540 e. The third kappa shape index (κ3) is 3.64. The molecule has 1 N–H and O–H groups in total. The molecule has 0 aromatic heterocycles. The maximum atomic E-state index is 9.78. The molecule has 2 bridgehead atoms. The molecule has 0 saturated carbocycles. The van der Waals surface area contributed by atoms with E-state index in [9.17, 15) is 5.11 Å². The molecule has 0 spiro atoms. The Balaban J connectivity index is 1.98. The highest BCUT2D eigenvalue weighted by molar-refractivity contribution is 5.22. The van der Waals surface area contributed by atoms with Gasteiger partial charge in [0.2, 0.25) is 0 Å². The van der Waals surface area contributed by atoms with Crippen LogP contribution in [-0.2, 0) is 12.8 Å². The SMILES string of the molecule is O[C@H]1CCCCCc2ccc(cc2)CCC1. The highest BCUT2D eigenvalue weighted by Crippen LogP contribution is 2.16. The summed E-state index contributed by atoms with van der Waals surface area (Å²) in [5.74, 6) is 0. The van der Waals surface area contributed by atoms with Gasteiger partial charge in [-0.25, -0.2) is 0 Å². The Morgan fingerprint density at radius 1 is 0.750 bits per heavy atom. The standard InChI is InChI=1S/C15H22O/c16-15-7-3-1-2-5-13-9-11-14(12-10-13)6-4-8-15/h9-12,15-16H,1-8H2/t15-/m0/s1. The van der Waals surface area contributed by atoms with Crippen molar-refractivity contribution in [1.82, 2.24) is 0 Å². The van der Waals surface area contributed by atoms with Gasteiger partial charge in [0.1, 0.15) is 0 Å². The van der Waals surface area contributed by atoms with E-state index in [0.717, 1.165) is 25.7 Å². The lowest BCUT2D eigenvalue weighted by Crippen LogP contribution is -2.06. The first-order valence-corrected chi connectivity index (χ1v) is 6.60. The molecule has 2 aliphatic carbocycles. The lowest BCUT2D eigenvalue weighted by Gasteiger charge is -2.09. The Morgan fingerprint density at radius 3 is 2.00 bits per heavy atom. The van der Waals surface area contributed by atoms with E-state index >= 15 is 0 Å². The molecule has 0 radical (unpaired) electrons. The fourth-order valence-corrected chi connectivity index (χ4v) is 2.44. The summed E-state index contributed by atoms with van der Waals surface area (Å²) in [5, 5.41) is 9.78. The minimum Gasteiger partial charge on any atom is -0.393 e. The number of aryl methyl sites for hydroxylation is 2. The van der Waals surface area contributed by atoms with Gasteiger partial charge >= 0.3 is 0 Å². The lowest BCUT2D eigenvalue weighted by molar-refractivity contribution is 0.148. The molecule has 1 heteroatoms. The second-order valence-electron chi connectivity index (χ2n) is 4.96. The fourth-order valence-electron chi connectivity index (χ4n) is 2.44. The highest BCUT2D eigenvalue weighted by Gasteiger charge is 2.05. The van der Waals surface area contributed by atoms with E-state index in [1.165, 1.54) is 36.8 Å². The van der Waals surface area contributed by atoms with Crippen LogP contribution in [0.15, 0.2) is 24.3 Å². The summed E-state index contributed by atoms with van der Waals surface area (Å²) in [5.41, 5.74) is 2.87. The molecule has 1 nitrogen and oxygen atoms in total. The van der Waals surface area contributed by atoms with Crippen molar-refractivity contribution in [2.75, 3.05) is 0 Å². The van der Waals surface area contributed by atoms with Gasteiger partial charge in [0.15, 0.2) is 0 Å². The molecule has 0 fully saturated rings. The van der Waals surface area contributed by atoms with Gasteiger partial charge in [-0.2, -0.15) is 0 Å². The Hall–Kier alpha value is -0.820. The van der Waals surface area contributed by atoms with Crippen LogP contribution in [0.2, 0.25) is 0 Å². The largest absolute Gasteiger partial charge is 0.393 e. The van der Waals surface area contributed by atoms with E-state index in [2.05, 4.69) is 24.3 Å². The number of hydrogen-bond donors (Lipinski definition) is 1. The van der Waals surface area contributed by atoms with Gasteiger partial charge in [-0.1, -0.05) is 37.1 Å². The number of aliphatic hydroxyl groups excluding tert-OH is 1. The van der Waals surface area contributed by atoms with Crippen molar-refractivity contribution in [2.45, 2.75) is 57.5 Å². The van der Waals surface area contributed by atoms with Gasteiger partial charge in [0.05, 0.1) is 6.10 Å². The zero-order valence-corrected chi connectivity index (χ0v) is 9.99. The number of fused-ring (bicyclic) bond motifs is 10. The number of hydrogen-bond acceptors (Lipinski definition) is 1. The van der Waals surface area contributed by atoms with E-state index in [-0.39, 0.29) is 6.10 Å². The molecule has 3 rings (SSSR count). The average molecular weight is 218 g/mol. The first kappa shape index (κ1) is 11.7. The van der Waals surface area contributed by atoms with Crippen LogP contribution in [0, 0.1) is 0 Å². The van der Waals surface area contributed by atoms with Gasteiger partial charge in [-0.05, 0) is 49.7 Å². The topological polar surface area (TPSA) is 20.2 Å². The van der Waals surface area contributed by atoms with Crippen LogP contribution in [0.25, 0.3) is 0 Å². The molecule has 2 aliphatic rings. The zero-order chi connectivity index (χ0) is 11.2. The van der Waals surface area contributed by atoms with Crippen LogP contribution < -0.4 is 0 Å². The van der Waals surface area contributed by atoms with Crippen molar-refractivity contribution in [3.63, 3.8) is 0 Å². The summed E-state index contributed by atoms with van der Waals surface area (Å²) < 4.78 is 0. The van der Waals surface area contributed by atoms with Crippen LogP contribution in [0.1, 0.15) is 49.7 Å². The van der Waals surface area contributed by atoms with Crippen LogP contribution in [-0.4, -0.2) is 11.2 Å². The molecule has 0 unspecified atom stereocenters. The van der Waals surface area contributed by atoms with Gasteiger partial charge in [0, 0.05) is 0 Å². The summed E-state index contributed by atoms with van der Waals surface area (Å²) in [6.07, 6.45) is 8.98. The number of benzene rings is 1. The Bertz CT molecular complexity index is 302. The fraction of sp³-hybridized carbons (Fsp3) is 0.600. The maximum Gasteiger partial charge on any atom is 0.0540 e. The Kier molecular flexibility index (Phi) is 4.41. The van der Waals surface area contributed by atoms with Gasteiger partial charge in [0.25, 0.3) is 0 Å². The van der Waals surface area contributed by atoms with Gasteiger partial charge in [-0.15, -0.1) is 0 Å². The molecule has 1 aromatic carbocycles. The summed E-state index contributed by atoms with van der Waals surface area (Å²) in [7, 11) is 0. The zero-order valence-electron chi connectivity index (χ0n) is 9.99. The summed E-state index contributed by atoms with van der Waals surface area (Å²) in [6, 6.07) is 9.03. The number of rotatable bonds is 0. The summed E-state index contributed by atoms with van der Waals surface area (Å²) in [6.45, 7) is 0. The molecule has 0 saturated heterocycles. The molecule has 0 heterocycles. The van der Waals surface area contributed by atoms with Crippen molar-refractivity contribution in [2.24, 2.45) is 0 Å². The quantitative estimate of drug-likeness (QED) is 0.706. The van der Waals surface area contributed by atoms with Crippen molar-refractivity contribution in [3.05, 3.63) is 35.4 Å². The number of aliphatic hydroxyl groups is 1. The molecule has 1 aromatic rings. The minimum atomic E-state index is -0.0702. The second kappa shape index (κ2) is 6.05. The Labute approximate surface area is 98.5 Å². The molecule has 1 atom stereocenters. The Morgan fingerprint density at radius 2 is 1.31 bits per heavy atom. The molecular formula is C15H22O. The van der Waals surface area contributed by atoms with E-state index in [1.54, 1.807) is 0 Å². The summed E-state index contributed by atoms with van der Waals surface area (Å²) >= 11 is 0. The predicted molar refractivity (Wildman–Crippen MR) is 67.6 cm³/mol. The van der Waals surface area contributed by atoms with Crippen molar-refractivity contribution in [3.8, 4) is 0 Å². The lowest BCUT2D eigenvalue weighted by atomic mass is 10.0. The van der Waals surface area contributed by atoms with Crippen molar-refractivity contribution >= 4 is 0 Å². The van der Waals surface area contributed by atoms with Crippen molar-refractivity contribution in [1.29, 1.82) is 0 Å². The normalized spacial score (nSPS) is 23.2. The molecular weight excluding hydrogens is 196 g/mol. The first-order chi connectivity index (χ1) is 7.84. The van der Waals surface area contributed by atoms with E-state index in [0.29, 0.717) is 0 Å². The van der Waals surface area contributed by atoms with E-state index < -0.39 is 0 Å². The molecule has 88 valence electrons. The van der Waals surface area contributed by atoms with Crippen LogP contribution >= 0.6 is 0 Å². The first-order valence-electron chi connectivity index (χ1n) is 6.60. The maximum absolute atomic E-state index is 9.78. The van der Waals surface area contributed by atoms with Crippen molar-refractivity contribution < 1.29 is 5.11 Å². The monoisotopic (exact) mass is 218 g/mol. The highest BCUT2D eigenvalue weighted by atomic mass is 16.3. The molecule has 0 aliphatic heterocycles. The van der Waals surface area contributed by atoms with Gasteiger partial charge in [-0.3, -0.25) is 0 Å². The molecule has 16 heavy (non-hydrogen) atoms. The average Bonchev–Trinajstić information content (AvgIpc) is 2.32. The minimum absolute atomic E-state index is 0.0702. The van der Waals surface area contributed by atoms with Crippen LogP contribution in [0.3, 0.4) is 0 Å². The third-order valence-electron chi connectivity index (χ3n) is 3.53. The summed E-state index contributed by atoms with van der Waals surface area (Å²) in [4.78, 5) is 0. The third-order valence-corrected chi connectivity index (χ3v) is 3.53. The predicted octanol–water partition coefficient (Wildman–Crippen LogP) is 3.49. The van der Waals surface area contributed by atoms with Crippen LogP contribution in [0.5, 0.6) is 0 Å². The molecule has 0 amide bonds. The van der Waals surface area contributed by atoms with Crippen LogP contribution in [0.4, 0.5) is 0 Å².